The van der Waals surface area contributed by atoms with Crippen molar-refractivity contribution in [3.05, 3.63) is 108 Å². The quantitative estimate of drug-likeness (QED) is 0.332. The molecule has 1 aromatic heterocycles. The molecule has 3 aromatic carbocycles. The number of para-hydroxylation sites is 1. The summed E-state index contributed by atoms with van der Waals surface area (Å²) in [6, 6.07) is 30.5. The van der Waals surface area contributed by atoms with Crippen molar-refractivity contribution in [2.45, 2.75) is 51.5 Å². The Kier molecular flexibility index (Phi) is 6.54. The molecule has 0 spiro atoms. The van der Waals surface area contributed by atoms with Crippen molar-refractivity contribution < 1.29 is 4.79 Å². The maximum Gasteiger partial charge on any atom is 0.256 e. The van der Waals surface area contributed by atoms with Crippen molar-refractivity contribution in [2.75, 3.05) is 0 Å². The topological polar surface area (TPSA) is 46.9 Å². The lowest BCUT2D eigenvalue weighted by atomic mass is 9.72. The molecule has 178 valence electrons. The smallest absolute Gasteiger partial charge is 0.256 e. The van der Waals surface area contributed by atoms with Crippen LogP contribution in [-0.2, 0) is 5.54 Å². The first kappa shape index (κ1) is 23.1. The molecular weight excluding hydrogens is 430 g/mol. The molecule has 0 radical (unpaired) electrons. The van der Waals surface area contributed by atoms with Gasteiger partial charge in [0, 0.05) is 5.56 Å². The highest BCUT2D eigenvalue weighted by atomic mass is 16.1. The average molecular weight is 464 g/mol. The van der Waals surface area contributed by atoms with Crippen LogP contribution in [0.2, 0.25) is 0 Å². The largest absolute Gasteiger partial charge is 0.342 e. The van der Waals surface area contributed by atoms with E-state index in [1.54, 1.807) is 0 Å². The third kappa shape index (κ3) is 4.53. The number of aromatic nitrogens is 2. The summed E-state index contributed by atoms with van der Waals surface area (Å²) in [5, 5.41) is 8.46. The van der Waals surface area contributed by atoms with Gasteiger partial charge in [0.25, 0.3) is 5.91 Å². The lowest BCUT2D eigenvalue weighted by Gasteiger charge is -2.41. The van der Waals surface area contributed by atoms with E-state index in [0.717, 1.165) is 35.3 Å². The normalized spacial score (nSPS) is 15.9. The van der Waals surface area contributed by atoms with Crippen LogP contribution in [0.3, 0.4) is 0 Å². The SMILES string of the molecule is Cc1c(C(=O)NC(C)(c2ccccc2)C2CCCCC2)c(-c2ccccc2)nn1-c1ccccc1. The number of hydrogen-bond donors (Lipinski definition) is 1. The Balaban J connectivity index is 1.60. The number of benzene rings is 3. The van der Waals surface area contributed by atoms with E-state index < -0.39 is 5.54 Å². The Hall–Kier alpha value is -3.66. The van der Waals surface area contributed by atoms with Gasteiger partial charge >= 0.3 is 0 Å². The predicted octanol–water partition coefficient (Wildman–Crippen LogP) is 7.07. The van der Waals surface area contributed by atoms with Gasteiger partial charge in [0.05, 0.1) is 22.5 Å². The molecule has 0 bridgehead atoms. The lowest BCUT2D eigenvalue weighted by Crippen LogP contribution is -2.49. The van der Waals surface area contributed by atoms with Crippen LogP contribution in [-0.4, -0.2) is 15.7 Å². The minimum atomic E-state index is -0.450. The predicted molar refractivity (Wildman–Crippen MR) is 142 cm³/mol. The lowest BCUT2D eigenvalue weighted by molar-refractivity contribution is 0.0835. The summed E-state index contributed by atoms with van der Waals surface area (Å²) in [5.74, 6) is 0.327. The molecule has 0 aliphatic heterocycles. The standard InChI is InChI=1S/C31H33N3O/c1-23-28(29(24-15-7-3-8-16-24)33-34(23)27-21-13-6-14-22-27)30(35)32-31(2,25-17-9-4-10-18-25)26-19-11-5-12-20-26/h3-4,6-10,13-18,21-22,26H,5,11-12,19-20H2,1-2H3,(H,32,35). The maximum absolute atomic E-state index is 14.2. The Bertz CT molecular complexity index is 1280. The average Bonchev–Trinajstić information content (AvgIpc) is 3.27. The number of amides is 1. The van der Waals surface area contributed by atoms with Gasteiger partial charge in [-0.15, -0.1) is 0 Å². The van der Waals surface area contributed by atoms with Crippen LogP contribution < -0.4 is 5.32 Å². The van der Waals surface area contributed by atoms with Gasteiger partial charge in [0.15, 0.2) is 0 Å². The summed E-state index contributed by atoms with van der Waals surface area (Å²) in [6.45, 7) is 4.19. The van der Waals surface area contributed by atoms with Gasteiger partial charge < -0.3 is 5.32 Å². The summed E-state index contributed by atoms with van der Waals surface area (Å²) in [7, 11) is 0. The molecule has 1 saturated carbocycles. The van der Waals surface area contributed by atoms with E-state index in [9.17, 15) is 4.79 Å². The van der Waals surface area contributed by atoms with Crippen molar-refractivity contribution in [3.8, 4) is 16.9 Å². The second kappa shape index (κ2) is 9.91. The van der Waals surface area contributed by atoms with E-state index in [1.165, 1.54) is 19.3 Å². The monoisotopic (exact) mass is 463 g/mol. The van der Waals surface area contributed by atoms with E-state index in [2.05, 4.69) is 36.5 Å². The molecule has 1 amide bonds. The van der Waals surface area contributed by atoms with Crippen LogP contribution in [0, 0.1) is 12.8 Å². The van der Waals surface area contributed by atoms with E-state index in [-0.39, 0.29) is 5.91 Å². The van der Waals surface area contributed by atoms with Gasteiger partial charge in [-0.25, -0.2) is 4.68 Å². The van der Waals surface area contributed by atoms with E-state index in [0.29, 0.717) is 17.2 Å². The fourth-order valence-electron chi connectivity index (χ4n) is 5.57. The number of carbonyl (C=O) groups excluding carboxylic acids is 1. The Labute approximate surface area is 208 Å². The second-order valence-electron chi connectivity index (χ2n) is 9.78. The number of carbonyl (C=O) groups is 1. The summed E-state index contributed by atoms with van der Waals surface area (Å²) in [6.07, 6.45) is 5.95. The molecule has 1 aliphatic carbocycles. The van der Waals surface area contributed by atoms with Crippen LogP contribution >= 0.6 is 0 Å². The Morgan fingerprint density at radius 1 is 0.857 bits per heavy atom. The van der Waals surface area contributed by atoms with Crippen LogP contribution in [0.4, 0.5) is 0 Å². The number of nitrogens with one attached hydrogen (secondary N) is 1. The molecule has 1 unspecified atom stereocenters. The van der Waals surface area contributed by atoms with Crippen molar-refractivity contribution >= 4 is 5.91 Å². The Morgan fingerprint density at radius 3 is 2.06 bits per heavy atom. The van der Waals surface area contributed by atoms with Gasteiger partial charge in [0.2, 0.25) is 0 Å². The fourth-order valence-corrected chi connectivity index (χ4v) is 5.57. The molecule has 1 atom stereocenters. The molecule has 1 aliphatic rings. The third-order valence-electron chi connectivity index (χ3n) is 7.56. The summed E-state index contributed by atoms with van der Waals surface area (Å²) in [5.41, 5.74) is 4.78. The zero-order valence-corrected chi connectivity index (χ0v) is 20.6. The zero-order valence-electron chi connectivity index (χ0n) is 20.6. The third-order valence-corrected chi connectivity index (χ3v) is 7.56. The molecule has 1 N–H and O–H groups in total. The molecule has 4 heteroatoms. The van der Waals surface area contributed by atoms with Crippen molar-refractivity contribution in [1.29, 1.82) is 0 Å². The highest BCUT2D eigenvalue weighted by Gasteiger charge is 2.39. The molecule has 1 fully saturated rings. The highest BCUT2D eigenvalue weighted by Crippen LogP contribution is 2.40. The van der Waals surface area contributed by atoms with Crippen LogP contribution in [0.5, 0.6) is 0 Å². The van der Waals surface area contributed by atoms with Crippen molar-refractivity contribution in [2.24, 2.45) is 5.92 Å². The second-order valence-corrected chi connectivity index (χ2v) is 9.78. The van der Waals surface area contributed by atoms with E-state index in [1.807, 2.05) is 78.3 Å². The van der Waals surface area contributed by atoms with Crippen LogP contribution in [0.25, 0.3) is 16.9 Å². The molecule has 4 aromatic rings. The van der Waals surface area contributed by atoms with Crippen LogP contribution in [0.1, 0.15) is 60.6 Å². The number of rotatable bonds is 6. The van der Waals surface area contributed by atoms with Gasteiger partial charge in [-0.1, -0.05) is 98.1 Å². The first-order valence-electron chi connectivity index (χ1n) is 12.7. The molecular formula is C31H33N3O. The van der Waals surface area contributed by atoms with Crippen molar-refractivity contribution in [1.82, 2.24) is 15.1 Å². The number of nitrogens with zero attached hydrogens (tertiary/aromatic N) is 2. The van der Waals surface area contributed by atoms with E-state index >= 15 is 0 Å². The fraction of sp³-hybridized carbons (Fsp3) is 0.290. The minimum Gasteiger partial charge on any atom is -0.342 e. The molecule has 5 rings (SSSR count). The first-order valence-corrected chi connectivity index (χ1v) is 12.7. The molecule has 1 heterocycles. The molecule has 4 nitrogen and oxygen atoms in total. The highest BCUT2D eigenvalue weighted by molar-refractivity contribution is 6.01. The summed E-state index contributed by atoms with van der Waals surface area (Å²) >= 11 is 0. The van der Waals surface area contributed by atoms with Gasteiger partial charge in [0.1, 0.15) is 5.69 Å². The molecule has 35 heavy (non-hydrogen) atoms. The van der Waals surface area contributed by atoms with Gasteiger partial charge in [-0.05, 0) is 50.3 Å². The zero-order chi connectivity index (χ0) is 24.3. The number of hydrogen-bond acceptors (Lipinski definition) is 2. The summed E-state index contributed by atoms with van der Waals surface area (Å²) < 4.78 is 1.89. The summed E-state index contributed by atoms with van der Waals surface area (Å²) in [4.78, 5) is 14.2. The van der Waals surface area contributed by atoms with Crippen LogP contribution in [0.15, 0.2) is 91.0 Å². The minimum absolute atomic E-state index is 0.0690. The first-order chi connectivity index (χ1) is 17.1. The van der Waals surface area contributed by atoms with Gasteiger partial charge in [-0.2, -0.15) is 5.10 Å². The van der Waals surface area contributed by atoms with Gasteiger partial charge in [-0.3, -0.25) is 4.79 Å². The van der Waals surface area contributed by atoms with Crippen molar-refractivity contribution in [3.63, 3.8) is 0 Å². The molecule has 0 saturated heterocycles. The Morgan fingerprint density at radius 2 is 1.43 bits per heavy atom. The maximum atomic E-state index is 14.2. The van der Waals surface area contributed by atoms with E-state index in [4.69, 9.17) is 5.10 Å².